The van der Waals surface area contributed by atoms with Gasteiger partial charge in [-0.2, -0.15) is 0 Å². The Morgan fingerprint density at radius 1 is 1.33 bits per heavy atom. The number of hydrogen-bond acceptors (Lipinski definition) is 6. The van der Waals surface area contributed by atoms with Crippen molar-refractivity contribution < 1.29 is 19.4 Å². The van der Waals surface area contributed by atoms with Gasteiger partial charge in [-0.25, -0.2) is 9.78 Å². The summed E-state index contributed by atoms with van der Waals surface area (Å²) in [4.78, 5) is 42.6. The van der Waals surface area contributed by atoms with Crippen molar-refractivity contribution in [3.8, 4) is 11.4 Å². The minimum absolute atomic E-state index is 0.00762. The van der Waals surface area contributed by atoms with E-state index in [0.717, 1.165) is 16.5 Å². The van der Waals surface area contributed by atoms with Gasteiger partial charge in [-0.3, -0.25) is 9.59 Å². The van der Waals surface area contributed by atoms with E-state index in [1.54, 1.807) is 6.92 Å². The number of carbonyl (C=O) groups excluding carboxylic acids is 2. The lowest BCUT2D eigenvalue weighted by Crippen LogP contribution is -2.45. The second-order valence-corrected chi connectivity index (χ2v) is 7.63. The number of fused-ring (bicyclic) bond motifs is 5. The lowest BCUT2D eigenvalue weighted by atomic mass is 9.84. The van der Waals surface area contributed by atoms with Crippen molar-refractivity contribution in [1.29, 1.82) is 0 Å². The molecule has 5 rings (SSSR count). The van der Waals surface area contributed by atoms with E-state index in [1.165, 1.54) is 11.5 Å². The second-order valence-electron chi connectivity index (χ2n) is 7.63. The molecule has 152 valence electrons. The molecule has 0 radical (unpaired) electrons. The van der Waals surface area contributed by atoms with Crippen LogP contribution in [0.3, 0.4) is 0 Å². The molecule has 0 unspecified atom stereocenters. The molecular weight excluding hydrogens is 386 g/mol. The van der Waals surface area contributed by atoms with Crippen LogP contribution in [0.5, 0.6) is 0 Å². The molecule has 8 heteroatoms. The van der Waals surface area contributed by atoms with Gasteiger partial charge in [0.15, 0.2) is 5.60 Å². The maximum atomic E-state index is 13.3. The van der Waals surface area contributed by atoms with Gasteiger partial charge in [-0.05, 0) is 18.6 Å². The molecule has 1 aromatic carbocycles. The quantitative estimate of drug-likeness (QED) is 0.494. The van der Waals surface area contributed by atoms with E-state index < -0.39 is 11.6 Å². The predicted molar refractivity (Wildman–Crippen MR) is 109 cm³/mol. The monoisotopic (exact) mass is 405 g/mol. The first-order chi connectivity index (χ1) is 14.3. The van der Waals surface area contributed by atoms with Gasteiger partial charge < -0.3 is 19.7 Å². The van der Waals surface area contributed by atoms with Crippen molar-refractivity contribution in [2.75, 3.05) is 5.32 Å². The lowest BCUT2D eigenvalue weighted by molar-refractivity contribution is -0.172. The summed E-state index contributed by atoms with van der Waals surface area (Å²) >= 11 is 0. The summed E-state index contributed by atoms with van der Waals surface area (Å²) in [5, 5.41) is 14.9. The van der Waals surface area contributed by atoms with E-state index in [-0.39, 0.29) is 47.9 Å². The Morgan fingerprint density at radius 2 is 2.10 bits per heavy atom. The van der Waals surface area contributed by atoms with Gasteiger partial charge in [0.2, 0.25) is 5.91 Å². The van der Waals surface area contributed by atoms with Crippen LogP contribution in [0.25, 0.3) is 22.3 Å². The molecule has 0 aliphatic carbocycles. The molecule has 0 spiro atoms. The van der Waals surface area contributed by atoms with E-state index in [0.29, 0.717) is 11.4 Å². The molecule has 2 N–H and O–H groups in total. The summed E-state index contributed by atoms with van der Waals surface area (Å²) in [6.07, 6.45) is -0.00762. The van der Waals surface area contributed by atoms with Crippen molar-refractivity contribution in [2.45, 2.75) is 39.0 Å². The van der Waals surface area contributed by atoms with Crippen LogP contribution in [-0.2, 0) is 33.1 Å². The molecule has 2 aliphatic heterocycles. The molecule has 0 saturated carbocycles. The average Bonchev–Trinajstić information content (AvgIpc) is 3.10. The van der Waals surface area contributed by atoms with Crippen LogP contribution in [0.1, 0.15) is 37.0 Å². The fourth-order valence-corrected chi connectivity index (χ4v) is 4.40. The molecule has 2 aromatic heterocycles. The van der Waals surface area contributed by atoms with Crippen LogP contribution < -0.4 is 10.9 Å². The Hall–Kier alpha value is -3.52. The fourth-order valence-electron chi connectivity index (χ4n) is 4.40. The Morgan fingerprint density at radius 3 is 2.83 bits per heavy atom. The molecule has 30 heavy (non-hydrogen) atoms. The van der Waals surface area contributed by atoms with E-state index in [9.17, 15) is 19.5 Å². The van der Waals surface area contributed by atoms with Crippen molar-refractivity contribution in [3.63, 3.8) is 0 Å². The Labute approximate surface area is 171 Å². The van der Waals surface area contributed by atoms with Crippen LogP contribution in [-0.4, -0.2) is 26.5 Å². The Kier molecular flexibility index (Phi) is 3.85. The molecular formula is C22H19N3O5. The highest BCUT2D eigenvalue weighted by Gasteiger charge is 2.48. The Bertz CT molecular complexity index is 1330. The predicted octanol–water partition coefficient (Wildman–Crippen LogP) is 2.04. The van der Waals surface area contributed by atoms with Crippen molar-refractivity contribution in [3.05, 3.63) is 57.4 Å². The fraction of sp³-hybridized carbons (Fsp3) is 0.273. The summed E-state index contributed by atoms with van der Waals surface area (Å²) in [5.41, 5.74) is 0.640. The molecule has 2 aliphatic rings. The number of aromatic nitrogens is 2. The number of para-hydroxylation sites is 1. The minimum Gasteiger partial charge on any atom is -0.458 e. The van der Waals surface area contributed by atoms with Gasteiger partial charge in [-0.15, -0.1) is 0 Å². The van der Waals surface area contributed by atoms with E-state index in [1.807, 2.05) is 30.3 Å². The summed E-state index contributed by atoms with van der Waals surface area (Å²) in [7, 11) is 0. The molecule has 4 heterocycles. The largest absolute Gasteiger partial charge is 0.458 e. The van der Waals surface area contributed by atoms with E-state index in [2.05, 4.69) is 5.32 Å². The van der Waals surface area contributed by atoms with Gasteiger partial charge in [0.25, 0.3) is 5.56 Å². The number of aliphatic hydroxyl groups is 1. The zero-order valence-electron chi connectivity index (χ0n) is 16.5. The van der Waals surface area contributed by atoms with Crippen molar-refractivity contribution >= 4 is 28.5 Å². The highest BCUT2D eigenvalue weighted by molar-refractivity contribution is 5.99. The number of benzene rings is 1. The SMILES string of the molecule is CC[C@@]1(O)C(=O)OCc2c1c(NC(C)=O)c1n(c2=O)Cc2cc3ccccc3nc2-1. The highest BCUT2D eigenvalue weighted by atomic mass is 16.6. The van der Waals surface area contributed by atoms with E-state index >= 15 is 0 Å². The van der Waals surface area contributed by atoms with Crippen molar-refractivity contribution in [1.82, 2.24) is 9.55 Å². The number of ether oxygens (including phenoxy) is 1. The third-order valence-corrected chi connectivity index (χ3v) is 5.83. The van der Waals surface area contributed by atoms with Crippen molar-refractivity contribution in [2.24, 2.45) is 0 Å². The molecule has 3 aromatic rings. The summed E-state index contributed by atoms with van der Waals surface area (Å²) in [6.45, 7) is 2.98. The van der Waals surface area contributed by atoms with Gasteiger partial charge >= 0.3 is 5.97 Å². The summed E-state index contributed by atoms with van der Waals surface area (Å²) in [6, 6.07) is 9.56. The summed E-state index contributed by atoms with van der Waals surface area (Å²) < 4.78 is 6.64. The molecule has 1 atom stereocenters. The number of amides is 1. The van der Waals surface area contributed by atoms with Crippen LogP contribution >= 0.6 is 0 Å². The zero-order chi connectivity index (χ0) is 21.2. The standard InChI is InChI=1S/C22H19N3O5/c1-3-22(29)16-14(10-30-21(22)28)20(27)25-9-13-8-12-6-4-5-7-15(12)24-17(13)19(25)18(16)23-11(2)26/h4-8,29H,3,9-10H2,1-2H3,(H,23,26)/t22-/m0/s1. The van der Waals surface area contributed by atoms with Gasteiger partial charge in [0.05, 0.1) is 34.7 Å². The number of rotatable bonds is 2. The van der Waals surface area contributed by atoms with Crippen LogP contribution in [0, 0.1) is 0 Å². The normalized spacial score (nSPS) is 19.1. The number of nitrogens with one attached hydrogen (secondary N) is 1. The smallest absolute Gasteiger partial charge is 0.343 e. The first kappa shape index (κ1) is 18.5. The van der Waals surface area contributed by atoms with Crippen LogP contribution in [0.4, 0.5) is 5.69 Å². The third kappa shape index (κ3) is 2.37. The molecule has 0 saturated heterocycles. The average molecular weight is 405 g/mol. The number of pyridine rings is 2. The maximum Gasteiger partial charge on any atom is 0.343 e. The number of cyclic esters (lactones) is 1. The minimum atomic E-state index is -2.03. The van der Waals surface area contributed by atoms with Gasteiger partial charge in [0.1, 0.15) is 6.61 Å². The van der Waals surface area contributed by atoms with Crippen LogP contribution in [0.15, 0.2) is 35.1 Å². The second kappa shape index (κ2) is 6.24. The molecule has 1 amide bonds. The highest BCUT2D eigenvalue weighted by Crippen LogP contribution is 2.45. The van der Waals surface area contributed by atoms with Gasteiger partial charge in [-0.1, -0.05) is 25.1 Å². The van der Waals surface area contributed by atoms with Gasteiger partial charge in [0, 0.05) is 23.4 Å². The Balaban J connectivity index is 1.91. The molecule has 8 nitrogen and oxygen atoms in total. The number of carbonyl (C=O) groups is 2. The summed E-state index contributed by atoms with van der Waals surface area (Å²) in [5.74, 6) is -1.22. The first-order valence-corrected chi connectivity index (χ1v) is 9.71. The number of esters is 1. The number of nitrogens with zero attached hydrogens (tertiary/aromatic N) is 2. The number of anilines is 1. The topological polar surface area (TPSA) is 111 Å². The lowest BCUT2D eigenvalue weighted by Gasteiger charge is -2.34. The number of hydrogen-bond donors (Lipinski definition) is 2. The molecule has 0 bridgehead atoms. The molecule has 0 fully saturated rings. The first-order valence-electron chi connectivity index (χ1n) is 9.71. The van der Waals surface area contributed by atoms with Crippen LogP contribution in [0.2, 0.25) is 0 Å². The third-order valence-electron chi connectivity index (χ3n) is 5.83. The zero-order valence-corrected chi connectivity index (χ0v) is 16.5. The maximum absolute atomic E-state index is 13.3. The van der Waals surface area contributed by atoms with E-state index in [4.69, 9.17) is 9.72 Å².